The number of anilines is 1. The molecule has 1 aliphatic heterocycles. The number of hydrogen-bond acceptors (Lipinski definition) is 3. The average Bonchev–Trinajstić information content (AvgIpc) is 2.38. The number of nitrogens with zero attached hydrogens (tertiary/aromatic N) is 1. The summed E-state index contributed by atoms with van der Waals surface area (Å²) in [6, 6.07) is 5.04. The Bertz CT molecular complexity index is 527. The molecule has 0 saturated carbocycles. The van der Waals surface area contributed by atoms with Gasteiger partial charge in [-0.15, -0.1) is 0 Å². The molecule has 1 aliphatic rings. The summed E-state index contributed by atoms with van der Waals surface area (Å²) in [7, 11) is 0. The van der Waals surface area contributed by atoms with Crippen molar-refractivity contribution >= 4 is 28.8 Å². The zero-order chi connectivity index (χ0) is 14.7. The first-order chi connectivity index (χ1) is 9.49. The molecule has 1 saturated heterocycles. The van der Waals surface area contributed by atoms with Crippen LogP contribution in [-0.4, -0.2) is 30.0 Å². The number of benzene rings is 1. The highest BCUT2D eigenvalue weighted by atomic mass is 32.1. The van der Waals surface area contributed by atoms with Gasteiger partial charge >= 0.3 is 0 Å². The maximum atomic E-state index is 13.9. The number of piperidine rings is 1. The normalized spacial score (nSPS) is 16.0. The van der Waals surface area contributed by atoms with Crippen LogP contribution in [0.1, 0.15) is 25.3 Å². The first-order valence-electron chi connectivity index (χ1n) is 6.59. The predicted molar refractivity (Wildman–Crippen MR) is 81.3 cm³/mol. The minimum absolute atomic E-state index is 0.0157. The Hall–Kier alpha value is -1.69. The Morgan fingerprint density at radius 1 is 1.45 bits per heavy atom. The standard InChI is InChI=1S/C14H18FN3OS/c1-9(19)17-10-5-7-18(8-6-10)12-4-2-3-11(15)13(12)14(16)20/h2-4,10H,5-8H2,1H3,(H2,16,20)(H,17,19). The van der Waals surface area contributed by atoms with Gasteiger partial charge in [0.2, 0.25) is 5.91 Å². The van der Waals surface area contributed by atoms with Gasteiger partial charge in [0, 0.05) is 31.7 Å². The molecular weight excluding hydrogens is 277 g/mol. The molecule has 0 radical (unpaired) electrons. The number of hydrogen-bond donors (Lipinski definition) is 2. The van der Waals surface area contributed by atoms with E-state index in [1.165, 1.54) is 13.0 Å². The zero-order valence-corrected chi connectivity index (χ0v) is 12.2. The Kier molecular flexibility index (Phi) is 4.54. The van der Waals surface area contributed by atoms with Crippen LogP contribution in [0.3, 0.4) is 0 Å². The number of nitrogens with two attached hydrogens (primary N) is 1. The summed E-state index contributed by atoms with van der Waals surface area (Å²) >= 11 is 4.94. The van der Waals surface area contributed by atoms with Crippen molar-refractivity contribution in [3.63, 3.8) is 0 Å². The molecular formula is C14H18FN3OS. The van der Waals surface area contributed by atoms with E-state index < -0.39 is 0 Å². The lowest BCUT2D eigenvalue weighted by Gasteiger charge is -2.34. The van der Waals surface area contributed by atoms with E-state index in [9.17, 15) is 9.18 Å². The lowest BCUT2D eigenvalue weighted by molar-refractivity contribution is -0.119. The van der Waals surface area contributed by atoms with Crippen LogP contribution in [0, 0.1) is 5.82 Å². The summed E-state index contributed by atoms with van der Waals surface area (Å²) in [5.41, 5.74) is 6.66. The molecule has 1 fully saturated rings. The maximum Gasteiger partial charge on any atom is 0.217 e. The second kappa shape index (κ2) is 6.17. The van der Waals surface area contributed by atoms with Crippen molar-refractivity contribution in [2.24, 2.45) is 5.73 Å². The van der Waals surface area contributed by atoms with Gasteiger partial charge in [-0.1, -0.05) is 18.3 Å². The molecule has 0 aromatic heterocycles. The molecule has 4 nitrogen and oxygen atoms in total. The smallest absolute Gasteiger partial charge is 0.217 e. The van der Waals surface area contributed by atoms with Crippen LogP contribution in [0.25, 0.3) is 0 Å². The fraction of sp³-hybridized carbons (Fsp3) is 0.429. The number of nitrogens with one attached hydrogen (secondary N) is 1. The van der Waals surface area contributed by atoms with Crippen LogP contribution in [-0.2, 0) is 4.79 Å². The Balaban J connectivity index is 2.13. The van der Waals surface area contributed by atoms with Crippen molar-refractivity contribution in [3.05, 3.63) is 29.6 Å². The molecule has 108 valence electrons. The third-order valence-corrected chi connectivity index (χ3v) is 3.69. The quantitative estimate of drug-likeness (QED) is 0.831. The van der Waals surface area contributed by atoms with Gasteiger partial charge < -0.3 is 16.0 Å². The maximum absolute atomic E-state index is 13.9. The first-order valence-corrected chi connectivity index (χ1v) is 7.00. The summed E-state index contributed by atoms with van der Waals surface area (Å²) in [5, 5.41) is 2.91. The molecule has 1 amide bonds. The van der Waals surface area contributed by atoms with E-state index >= 15 is 0 Å². The van der Waals surface area contributed by atoms with Crippen LogP contribution in [0.4, 0.5) is 10.1 Å². The van der Waals surface area contributed by atoms with E-state index in [1.54, 1.807) is 6.07 Å². The van der Waals surface area contributed by atoms with Crippen LogP contribution in [0.2, 0.25) is 0 Å². The molecule has 0 aliphatic carbocycles. The summed E-state index contributed by atoms with van der Waals surface area (Å²) < 4.78 is 13.9. The Labute approximate surface area is 123 Å². The predicted octanol–water partition coefficient (Wildman–Crippen LogP) is 1.56. The number of halogens is 1. The highest BCUT2D eigenvalue weighted by molar-refractivity contribution is 7.80. The number of thiocarbonyl (C=S) groups is 1. The van der Waals surface area contributed by atoms with E-state index in [0.717, 1.165) is 31.6 Å². The molecule has 1 aromatic carbocycles. The van der Waals surface area contributed by atoms with Gasteiger partial charge in [-0.05, 0) is 25.0 Å². The van der Waals surface area contributed by atoms with Crippen LogP contribution >= 0.6 is 12.2 Å². The molecule has 20 heavy (non-hydrogen) atoms. The van der Waals surface area contributed by atoms with Crippen molar-refractivity contribution in [2.75, 3.05) is 18.0 Å². The van der Waals surface area contributed by atoms with E-state index in [4.69, 9.17) is 18.0 Å². The van der Waals surface area contributed by atoms with E-state index in [1.807, 2.05) is 6.07 Å². The van der Waals surface area contributed by atoms with E-state index in [-0.39, 0.29) is 22.8 Å². The lowest BCUT2D eigenvalue weighted by atomic mass is 10.0. The fourth-order valence-corrected chi connectivity index (χ4v) is 2.77. The van der Waals surface area contributed by atoms with Crippen molar-refractivity contribution in [1.82, 2.24) is 5.32 Å². The highest BCUT2D eigenvalue weighted by Gasteiger charge is 2.23. The Morgan fingerprint density at radius 2 is 2.10 bits per heavy atom. The molecule has 3 N–H and O–H groups in total. The van der Waals surface area contributed by atoms with Gasteiger partial charge in [0.25, 0.3) is 0 Å². The minimum Gasteiger partial charge on any atom is -0.389 e. The van der Waals surface area contributed by atoms with Gasteiger partial charge in [0.15, 0.2) is 0 Å². The van der Waals surface area contributed by atoms with Crippen LogP contribution in [0.5, 0.6) is 0 Å². The number of rotatable bonds is 3. The summed E-state index contributed by atoms with van der Waals surface area (Å²) in [5.74, 6) is -0.406. The molecule has 0 spiro atoms. The van der Waals surface area contributed by atoms with Gasteiger partial charge in [-0.3, -0.25) is 4.79 Å². The summed E-state index contributed by atoms with van der Waals surface area (Å²) in [4.78, 5) is 13.2. The second-order valence-electron chi connectivity index (χ2n) is 4.96. The molecule has 1 aromatic rings. The number of carbonyl (C=O) groups is 1. The van der Waals surface area contributed by atoms with E-state index in [0.29, 0.717) is 5.56 Å². The number of carbonyl (C=O) groups excluding carboxylic acids is 1. The topological polar surface area (TPSA) is 58.4 Å². The van der Waals surface area contributed by atoms with Crippen molar-refractivity contribution in [1.29, 1.82) is 0 Å². The van der Waals surface area contributed by atoms with Crippen molar-refractivity contribution < 1.29 is 9.18 Å². The van der Waals surface area contributed by atoms with Gasteiger partial charge in [0.1, 0.15) is 10.8 Å². The summed E-state index contributed by atoms with van der Waals surface area (Å²) in [6.45, 7) is 3.00. The van der Waals surface area contributed by atoms with Gasteiger partial charge in [-0.2, -0.15) is 0 Å². The van der Waals surface area contributed by atoms with Crippen molar-refractivity contribution in [2.45, 2.75) is 25.8 Å². The molecule has 0 bridgehead atoms. The molecule has 2 rings (SSSR count). The molecule has 0 atom stereocenters. The van der Waals surface area contributed by atoms with Crippen molar-refractivity contribution in [3.8, 4) is 0 Å². The van der Waals surface area contributed by atoms with Crippen LogP contribution < -0.4 is 16.0 Å². The Morgan fingerprint density at radius 3 is 2.65 bits per heavy atom. The van der Waals surface area contributed by atoms with Gasteiger partial charge in [0.05, 0.1) is 5.56 Å². The highest BCUT2D eigenvalue weighted by Crippen LogP contribution is 2.26. The van der Waals surface area contributed by atoms with Crippen LogP contribution in [0.15, 0.2) is 18.2 Å². The third-order valence-electron chi connectivity index (χ3n) is 3.48. The summed E-state index contributed by atoms with van der Waals surface area (Å²) in [6.07, 6.45) is 1.65. The minimum atomic E-state index is -0.390. The molecule has 6 heteroatoms. The second-order valence-corrected chi connectivity index (χ2v) is 5.40. The lowest BCUT2D eigenvalue weighted by Crippen LogP contribution is -2.44. The van der Waals surface area contributed by atoms with E-state index in [2.05, 4.69) is 10.2 Å². The SMILES string of the molecule is CC(=O)NC1CCN(c2cccc(F)c2C(N)=S)CC1. The van der Waals surface area contributed by atoms with Gasteiger partial charge in [-0.25, -0.2) is 4.39 Å². The molecule has 1 heterocycles. The third kappa shape index (κ3) is 3.25. The largest absolute Gasteiger partial charge is 0.389 e. The number of amides is 1. The monoisotopic (exact) mass is 295 g/mol. The zero-order valence-electron chi connectivity index (χ0n) is 11.4. The fourth-order valence-electron chi connectivity index (χ4n) is 2.57. The first kappa shape index (κ1) is 14.7. The molecule has 0 unspecified atom stereocenters. The average molecular weight is 295 g/mol.